The molecule has 0 aliphatic rings. The van der Waals surface area contributed by atoms with Gasteiger partial charge in [0.2, 0.25) is 0 Å². The summed E-state index contributed by atoms with van der Waals surface area (Å²) in [4.78, 5) is 9.78. The third-order valence-corrected chi connectivity index (χ3v) is 3.72. The van der Waals surface area contributed by atoms with Gasteiger partial charge < -0.3 is 0 Å². The molecule has 3 rings (SSSR count). The molecule has 0 saturated heterocycles. The SMILES string of the molecule is O=[N+]([O-])c1c(-n2cccn2)nn(-c2ccc(Cl)cc2)c1C(Cl)Cl. The summed E-state index contributed by atoms with van der Waals surface area (Å²) >= 11 is 17.8. The van der Waals surface area contributed by atoms with Crippen molar-refractivity contribution in [2.45, 2.75) is 4.84 Å². The van der Waals surface area contributed by atoms with Gasteiger partial charge in [-0.05, 0) is 30.3 Å². The minimum absolute atomic E-state index is 0.0243. The Balaban J connectivity index is 2.29. The van der Waals surface area contributed by atoms with Crippen molar-refractivity contribution in [3.63, 3.8) is 0 Å². The van der Waals surface area contributed by atoms with Crippen LogP contribution in [0.4, 0.5) is 5.69 Å². The van der Waals surface area contributed by atoms with E-state index in [0.717, 1.165) is 0 Å². The summed E-state index contributed by atoms with van der Waals surface area (Å²) in [6, 6.07) is 8.22. The Hall–Kier alpha value is -2.09. The largest absolute Gasteiger partial charge is 0.339 e. The first-order valence-electron chi connectivity index (χ1n) is 6.30. The first kappa shape index (κ1) is 15.8. The quantitative estimate of drug-likeness (QED) is 0.392. The summed E-state index contributed by atoms with van der Waals surface area (Å²) in [5.41, 5.74) is 0.280. The van der Waals surface area contributed by atoms with Crippen LogP contribution < -0.4 is 0 Å². The van der Waals surface area contributed by atoms with Gasteiger partial charge in [-0.25, -0.2) is 9.36 Å². The fraction of sp³-hybridized carbons (Fsp3) is 0.0769. The lowest BCUT2D eigenvalue weighted by molar-refractivity contribution is -0.385. The minimum atomic E-state index is -1.15. The number of nitro groups is 1. The highest BCUT2D eigenvalue weighted by Gasteiger charge is 2.33. The van der Waals surface area contributed by atoms with E-state index in [4.69, 9.17) is 34.8 Å². The molecule has 0 amide bonds. The predicted molar refractivity (Wildman–Crippen MR) is 86.8 cm³/mol. The first-order chi connectivity index (χ1) is 11.0. The number of halogens is 3. The van der Waals surface area contributed by atoms with Crippen molar-refractivity contribution in [2.24, 2.45) is 0 Å². The van der Waals surface area contributed by atoms with Crippen LogP contribution in [0.1, 0.15) is 10.5 Å². The van der Waals surface area contributed by atoms with Crippen molar-refractivity contribution < 1.29 is 4.92 Å². The second-order valence-electron chi connectivity index (χ2n) is 4.45. The van der Waals surface area contributed by atoms with Crippen molar-refractivity contribution in [2.75, 3.05) is 0 Å². The van der Waals surface area contributed by atoms with Gasteiger partial charge in [-0.1, -0.05) is 34.8 Å². The molecule has 2 aromatic heterocycles. The third kappa shape index (κ3) is 2.90. The van der Waals surface area contributed by atoms with Gasteiger partial charge in [-0.15, -0.1) is 5.10 Å². The summed E-state index contributed by atoms with van der Waals surface area (Å²) in [5, 5.41) is 20.3. The zero-order valence-electron chi connectivity index (χ0n) is 11.3. The van der Waals surface area contributed by atoms with E-state index >= 15 is 0 Å². The molecule has 23 heavy (non-hydrogen) atoms. The van der Waals surface area contributed by atoms with Gasteiger partial charge >= 0.3 is 5.69 Å². The molecule has 2 heterocycles. The Kier molecular flexibility index (Phi) is 4.25. The highest BCUT2D eigenvalue weighted by Crippen LogP contribution is 2.38. The lowest BCUT2D eigenvalue weighted by atomic mass is 10.3. The molecule has 0 spiro atoms. The molecule has 118 valence electrons. The van der Waals surface area contributed by atoms with Crippen LogP contribution in [0.5, 0.6) is 0 Å². The van der Waals surface area contributed by atoms with E-state index in [0.29, 0.717) is 10.7 Å². The highest BCUT2D eigenvalue weighted by molar-refractivity contribution is 6.44. The van der Waals surface area contributed by atoms with Crippen LogP contribution in [-0.2, 0) is 0 Å². The van der Waals surface area contributed by atoms with Crippen LogP contribution in [0.25, 0.3) is 11.5 Å². The van der Waals surface area contributed by atoms with Gasteiger partial charge in [0.05, 0.1) is 10.6 Å². The van der Waals surface area contributed by atoms with E-state index in [1.165, 1.54) is 15.6 Å². The minimum Gasteiger partial charge on any atom is -0.258 e. The molecule has 0 aliphatic heterocycles. The smallest absolute Gasteiger partial charge is 0.258 e. The summed E-state index contributed by atoms with van der Waals surface area (Å²) in [7, 11) is 0. The fourth-order valence-corrected chi connectivity index (χ4v) is 2.63. The molecule has 0 saturated carbocycles. The summed E-state index contributed by atoms with van der Waals surface area (Å²) < 4.78 is 2.60. The molecule has 0 bridgehead atoms. The second kappa shape index (κ2) is 6.19. The zero-order valence-corrected chi connectivity index (χ0v) is 13.6. The third-order valence-electron chi connectivity index (χ3n) is 3.06. The summed E-state index contributed by atoms with van der Waals surface area (Å²) in [6.45, 7) is 0. The van der Waals surface area contributed by atoms with E-state index in [-0.39, 0.29) is 17.2 Å². The molecule has 0 aliphatic carbocycles. The van der Waals surface area contributed by atoms with E-state index in [9.17, 15) is 10.1 Å². The lowest BCUT2D eigenvalue weighted by Gasteiger charge is -2.06. The average molecular weight is 373 g/mol. The number of benzene rings is 1. The van der Waals surface area contributed by atoms with Gasteiger partial charge in [0.15, 0.2) is 10.5 Å². The fourth-order valence-electron chi connectivity index (χ4n) is 2.11. The van der Waals surface area contributed by atoms with E-state index in [1.54, 1.807) is 36.5 Å². The van der Waals surface area contributed by atoms with Gasteiger partial charge in [0.1, 0.15) is 0 Å². The van der Waals surface area contributed by atoms with Crippen LogP contribution in [0.2, 0.25) is 5.02 Å². The van der Waals surface area contributed by atoms with Gasteiger partial charge in [0.25, 0.3) is 5.82 Å². The molecule has 0 atom stereocenters. The molecular formula is C13H8Cl3N5O2. The van der Waals surface area contributed by atoms with Crippen LogP contribution in [0.15, 0.2) is 42.7 Å². The molecule has 0 N–H and O–H groups in total. The van der Waals surface area contributed by atoms with E-state index < -0.39 is 9.76 Å². The number of alkyl halides is 2. The average Bonchev–Trinajstić information content (AvgIpc) is 3.14. The Bertz CT molecular complexity index is 843. The molecule has 0 fully saturated rings. The zero-order chi connectivity index (χ0) is 16.6. The molecule has 0 unspecified atom stereocenters. The predicted octanol–water partition coefficient (Wildman–Crippen LogP) is 4.10. The monoisotopic (exact) mass is 371 g/mol. The number of hydrogen-bond acceptors (Lipinski definition) is 4. The van der Waals surface area contributed by atoms with Crippen LogP contribution in [0, 0.1) is 10.1 Å². The highest BCUT2D eigenvalue weighted by atomic mass is 35.5. The normalized spacial score (nSPS) is 11.1. The maximum Gasteiger partial charge on any atom is 0.339 e. The number of hydrogen-bond donors (Lipinski definition) is 0. The van der Waals surface area contributed by atoms with Crippen molar-refractivity contribution >= 4 is 40.5 Å². The molecular weight excluding hydrogens is 365 g/mol. The van der Waals surface area contributed by atoms with Crippen molar-refractivity contribution in [1.82, 2.24) is 19.6 Å². The second-order valence-corrected chi connectivity index (χ2v) is 5.99. The summed E-state index contributed by atoms with van der Waals surface area (Å²) in [5.74, 6) is 0.0243. The van der Waals surface area contributed by atoms with Crippen LogP contribution in [0.3, 0.4) is 0 Å². The van der Waals surface area contributed by atoms with Gasteiger partial charge in [0, 0.05) is 17.4 Å². The van der Waals surface area contributed by atoms with Crippen molar-refractivity contribution in [1.29, 1.82) is 0 Å². The van der Waals surface area contributed by atoms with E-state index in [1.807, 2.05) is 0 Å². The number of rotatable bonds is 4. The standard InChI is InChI=1S/C13H8Cl3N5O2/c14-8-2-4-9(5-3-8)20-10(12(15)16)11(21(22)23)13(18-20)19-7-1-6-17-19/h1-7,12H. The van der Waals surface area contributed by atoms with Gasteiger partial charge in [-0.2, -0.15) is 5.10 Å². The van der Waals surface area contributed by atoms with Crippen LogP contribution in [-0.4, -0.2) is 24.5 Å². The summed E-state index contributed by atoms with van der Waals surface area (Å²) in [6.07, 6.45) is 3.03. The maximum atomic E-state index is 11.5. The number of nitrogens with zero attached hydrogens (tertiary/aromatic N) is 5. The molecule has 1 aromatic carbocycles. The van der Waals surface area contributed by atoms with Crippen LogP contribution >= 0.6 is 34.8 Å². The van der Waals surface area contributed by atoms with Crippen molar-refractivity contribution in [3.8, 4) is 11.5 Å². The first-order valence-corrected chi connectivity index (χ1v) is 7.55. The Morgan fingerprint density at radius 3 is 2.43 bits per heavy atom. The Labute approximate surface area is 145 Å². The lowest BCUT2D eigenvalue weighted by Crippen LogP contribution is -2.03. The molecule has 0 radical (unpaired) electrons. The Morgan fingerprint density at radius 1 is 1.22 bits per heavy atom. The maximum absolute atomic E-state index is 11.5. The Morgan fingerprint density at radius 2 is 1.91 bits per heavy atom. The van der Waals surface area contributed by atoms with Gasteiger partial charge in [-0.3, -0.25) is 10.1 Å². The molecule has 3 aromatic rings. The molecule has 10 heteroatoms. The molecule has 7 nitrogen and oxygen atoms in total. The van der Waals surface area contributed by atoms with E-state index in [2.05, 4.69) is 10.2 Å². The number of aromatic nitrogens is 4. The van der Waals surface area contributed by atoms with Crippen molar-refractivity contribution in [3.05, 3.63) is 63.6 Å². The topological polar surface area (TPSA) is 78.8 Å².